The van der Waals surface area contributed by atoms with E-state index >= 15 is 0 Å². The number of nitrogens with zero attached hydrogens (tertiary/aromatic N) is 3. The lowest BCUT2D eigenvalue weighted by Crippen LogP contribution is -2.25. The van der Waals surface area contributed by atoms with Crippen LogP contribution in [0.15, 0.2) is 72.8 Å². The van der Waals surface area contributed by atoms with Gasteiger partial charge < -0.3 is 4.57 Å². The Kier molecular flexibility index (Phi) is 4.68. The van der Waals surface area contributed by atoms with Crippen molar-refractivity contribution < 1.29 is 4.57 Å². The maximum absolute atomic E-state index is 14.2. The molecular weight excluding hydrogens is 341 g/mol. The highest BCUT2D eigenvalue weighted by Crippen LogP contribution is 2.42. The van der Waals surface area contributed by atoms with E-state index in [9.17, 15) is 4.57 Å². The molecule has 0 saturated heterocycles. The fourth-order valence-electron chi connectivity index (χ4n) is 2.68. The topological polar surface area (TPSA) is 69.0 Å². The van der Waals surface area contributed by atoms with Crippen LogP contribution in [-0.2, 0) is 4.57 Å². The van der Waals surface area contributed by atoms with Crippen LogP contribution in [0.1, 0.15) is 11.1 Å². The van der Waals surface area contributed by atoms with E-state index in [2.05, 4.69) is 17.0 Å². The van der Waals surface area contributed by atoms with Gasteiger partial charge in [-0.15, -0.1) is 0 Å². The summed E-state index contributed by atoms with van der Waals surface area (Å²) in [5.41, 5.74) is 1.45. The molecule has 0 spiro atoms. The van der Waals surface area contributed by atoms with Crippen molar-refractivity contribution in [1.29, 1.82) is 10.5 Å². The molecule has 0 fully saturated rings. The van der Waals surface area contributed by atoms with E-state index < -0.39 is 7.14 Å². The second-order valence-corrected chi connectivity index (χ2v) is 8.32. The Bertz CT molecular complexity index is 965. The third-order valence-corrected chi connectivity index (χ3v) is 7.14. The Morgan fingerprint density at radius 1 is 0.692 bits per heavy atom. The predicted octanol–water partition coefficient (Wildman–Crippen LogP) is 3.62. The molecule has 0 aliphatic rings. The first kappa shape index (κ1) is 17.2. The van der Waals surface area contributed by atoms with Gasteiger partial charge >= 0.3 is 0 Å². The summed E-state index contributed by atoms with van der Waals surface area (Å²) in [5, 5.41) is 19.8. The summed E-state index contributed by atoms with van der Waals surface area (Å²) >= 11 is 0. The molecule has 122 valence electrons. The van der Waals surface area contributed by atoms with Crippen LogP contribution in [0.5, 0.6) is 0 Å². The van der Waals surface area contributed by atoms with Crippen molar-refractivity contribution >= 4 is 28.7 Å². The lowest BCUT2D eigenvalue weighted by molar-refractivity contribution is 0.592. The number of rotatable bonds is 3. The third kappa shape index (κ3) is 3.01. The van der Waals surface area contributed by atoms with Crippen LogP contribution in [0.2, 0.25) is 0 Å². The molecule has 3 rings (SSSR count). The molecule has 3 aromatic carbocycles. The Balaban J connectivity index is 2.22. The Morgan fingerprint density at radius 2 is 1.04 bits per heavy atom. The minimum absolute atomic E-state index is 0.472. The molecule has 0 N–H and O–H groups in total. The molecule has 0 aliphatic heterocycles. The molecule has 0 unspecified atom stereocenters. The fourth-order valence-corrected chi connectivity index (χ4v) is 5.28. The minimum Gasteiger partial charge on any atom is -0.309 e. The van der Waals surface area contributed by atoms with Gasteiger partial charge in [-0.2, -0.15) is 10.5 Å². The molecule has 26 heavy (non-hydrogen) atoms. The van der Waals surface area contributed by atoms with Gasteiger partial charge in [0.15, 0.2) is 12.8 Å². The second-order valence-electron chi connectivity index (χ2n) is 5.55. The monoisotopic (exact) mass is 353 g/mol. The first-order valence-electron chi connectivity index (χ1n) is 7.71. The molecule has 0 amide bonds. The van der Waals surface area contributed by atoms with Crippen molar-refractivity contribution in [2.24, 2.45) is 0 Å². The Morgan fingerprint density at radius 3 is 1.35 bits per heavy atom. The van der Waals surface area contributed by atoms with Gasteiger partial charge in [0, 0.05) is 15.9 Å². The van der Waals surface area contributed by atoms with Gasteiger partial charge in [-0.1, -0.05) is 24.3 Å². The van der Waals surface area contributed by atoms with E-state index in [-0.39, 0.29) is 0 Å². The zero-order chi connectivity index (χ0) is 18.6. The van der Waals surface area contributed by atoms with Gasteiger partial charge in [0.1, 0.15) is 0 Å². The van der Waals surface area contributed by atoms with Crippen LogP contribution >= 0.6 is 7.14 Å². The Labute approximate surface area is 151 Å². The van der Waals surface area contributed by atoms with E-state index in [0.717, 1.165) is 0 Å². The van der Waals surface area contributed by atoms with Crippen molar-refractivity contribution in [3.05, 3.63) is 95.3 Å². The van der Waals surface area contributed by atoms with Gasteiger partial charge in [-0.05, 0) is 48.5 Å². The van der Waals surface area contributed by atoms with Gasteiger partial charge in [0.25, 0.3) is 0 Å². The van der Waals surface area contributed by atoms with E-state index in [4.69, 9.17) is 17.1 Å². The lowest BCUT2D eigenvalue weighted by Gasteiger charge is -2.20. The molecule has 4 nitrogen and oxygen atoms in total. The summed E-state index contributed by atoms with van der Waals surface area (Å²) in [6.07, 6.45) is 0. The van der Waals surface area contributed by atoms with Gasteiger partial charge in [0.05, 0.1) is 29.8 Å². The standard InChI is InChI=1S/C21H12N3OP/c1-24-18-6-12-21(13-7-18)26(25,19-8-2-16(14-22)3-9-19)20-10-4-17(15-23)5-11-20/h2-13H. The summed E-state index contributed by atoms with van der Waals surface area (Å²) in [6, 6.07) is 24.1. The quantitative estimate of drug-likeness (QED) is 0.533. The first-order chi connectivity index (χ1) is 12.6. The highest BCUT2D eigenvalue weighted by molar-refractivity contribution is 7.85. The molecule has 0 radical (unpaired) electrons. The molecule has 0 aliphatic carbocycles. The normalized spacial score (nSPS) is 10.3. The van der Waals surface area contributed by atoms with Crippen molar-refractivity contribution in [2.45, 2.75) is 0 Å². The van der Waals surface area contributed by atoms with Gasteiger partial charge in [-0.25, -0.2) is 4.85 Å². The molecule has 0 bridgehead atoms. The highest BCUT2D eigenvalue weighted by Gasteiger charge is 2.29. The fraction of sp³-hybridized carbons (Fsp3) is 0. The first-order valence-corrected chi connectivity index (χ1v) is 9.42. The molecular formula is C21H12N3OP. The number of benzene rings is 3. The average molecular weight is 353 g/mol. The summed E-state index contributed by atoms with van der Waals surface area (Å²) in [5.74, 6) is 0. The van der Waals surface area contributed by atoms with Crippen molar-refractivity contribution in [3.8, 4) is 12.1 Å². The van der Waals surface area contributed by atoms with Crippen LogP contribution < -0.4 is 15.9 Å². The largest absolute Gasteiger partial charge is 0.309 e. The van der Waals surface area contributed by atoms with Crippen molar-refractivity contribution in [3.63, 3.8) is 0 Å². The van der Waals surface area contributed by atoms with E-state index in [1.807, 2.05) is 0 Å². The Hall–Kier alpha value is -3.64. The van der Waals surface area contributed by atoms with Gasteiger partial charge in [-0.3, -0.25) is 0 Å². The average Bonchev–Trinajstić information content (AvgIpc) is 2.73. The van der Waals surface area contributed by atoms with Crippen LogP contribution in [0.3, 0.4) is 0 Å². The smallest absolute Gasteiger partial charge is 0.187 e. The lowest BCUT2D eigenvalue weighted by atomic mass is 10.2. The highest BCUT2D eigenvalue weighted by atomic mass is 31.2. The van der Waals surface area contributed by atoms with Crippen LogP contribution in [-0.4, -0.2) is 0 Å². The maximum atomic E-state index is 14.2. The number of hydrogen-bond acceptors (Lipinski definition) is 3. The molecule has 0 aromatic heterocycles. The van der Waals surface area contributed by atoms with Crippen molar-refractivity contribution in [2.75, 3.05) is 0 Å². The summed E-state index contributed by atoms with van der Waals surface area (Å²) in [7, 11) is -3.19. The molecule has 0 saturated carbocycles. The maximum Gasteiger partial charge on any atom is 0.187 e. The van der Waals surface area contributed by atoms with E-state index in [1.54, 1.807) is 72.8 Å². The van der Waals surface area contributed by atoms with Crippen LogP contribution in [0, 0.1) is 29.2 Å². The minimum atomic E-state index is -3.19. The summed E-state index contributed by atoms with van der Waals surface area (Å²) in [4.78, 5) is 3.37. The van der Waals surface area contributed by atoms with Crippen LogP contribution in [0.4, 0.5) is 5.69 Å². The molecule has 5 heteroatoms. The summed E-state index contributed by atoms with van der Waals surface area (Å²) < 4.78 is 14.2. The molecule has 3 aromatic rings. The number of hydrogen-bond donors (Lipinski definition) is 0. The predicted molar refractivity (Wildman–Crippen MR) is 102 cm³/mol. The zero-order valence-electron chi connectivity index (χ0n) is 13.6. The van der Waals surface area contributed by atoms with Gasteiger partial charge in [0.2, 0.25) is 0 Å². The molecule has 0 atom stereocenters. The van der Waals surface area contributed by atoms with Crippen molar-refractivity contribution in [1.82, 2.24) is 0 Å². The SMILES string of the molecule is [C-]#[N+]c1ccc(P(=O)(c2ccc(C#N)cc2)c2ccc(C#N)cc2)cc1. The second kappa shape index (κ2) is 7.08. The van der Waals surface area contributed by atoms with E-state index in [0.29, 0.717) is 32.7 Å². The number of nitriles is 2. The van der Waals surface area contributed by atoms with E-state index in [1.165, 1.54) is 0 Å². The summed E-state index contributed by atoms with van der Waals surface area (Å²) in [6.45, 7) is 7.08. The molecule has 0 heterocycles. The third-order valence-electron chi connectivity index (χ3n) is 4.06. The zero-order valence-corrected chi connectivity index (χ0v) is 14.5. The van der Waals surface area contributed by atoms with Crippen LogP contribution in [0.25, 0.3) is 4.85 Å².